The summed E-state index contributed by atoms with van der Waals surface area (Å²) in [4.78, 5) is 0. The number of hydrogen-bond donors (Lipinski definition) is 0. The second-order valence-electron chi connectivity index (χ2n) is 3.92. The lowest BCUT2D eigenvalue weighted by Crippen LogP contribution is -2.51. The molecule has 0 bridgehead atoms. The molecule has 1 unspecified atom stereocenters. The number of benzene rings is 1. The van der Waals surface area contributed by atoms with Gasteiger partial charge in [-0.25, -0.2) is 0 Å². The Morgan fingerprint density at radius 2 is 1.85 bits per heavy atom. The highest BCUT2D eigenvalue weighted by Gasteiger charge is 2.44. The molecule has 0 amide bonds. The molecule has 0 radical (unpaired) electrons. The maximum Gasteiger partial charge on any atom is 0.124 e. The standard InChI is InChI=1S/C12H12Si/c1-2-5-11(6-3-1)13-9-4-7-12(13)8-10-13/h1-8H,9-10H2. The first kappa shape index (κ1) is 7.33. The van der Waals surface area contributed by atoms with E-state index < -0.39 is 8.07 Å². The van der Waals surface area contributed by atoms with Gasteiger partial charge in [0.2, 0.25) is 0 Å². The van der Waals surface area contributed by atoms with E-state index >= 15 is 0 Å². The van der Waals surface area contributed by atoms with Crippen LogP contribution in [0.5, 0.6) is 0 Å². The van der Waals surface area contributed by atoms with Crippen molar-refractivity contribution in [2.24, 2.45) is 0 Å². The van der Waals surface area contributed by atoms with Crippen LogP contribution in [-0.2, 0) is 0 Å². The summed E-state index contributed by atoms with van der Waals surface area (Å²) < 4.78 is 0. The van der Waals surface area contributed by atoms with Crippen LogP contribution in [0.1, 0.15) is 0 Å². The molecule has 0 aromatic heterocycles. The first-order valence-electron chi connectivity index (χ1n) is 4.84. The summed E-state index contributed by atoms with van der Waals surface area (Å²) in [5.41, 5.74) is 0. The van der Waals surface area contributed by atoms with Crippen molar-refractivity contribution in [1.82, 2.24) is 0 Å². The van der Waals surface area contributed by atoms with E-state index in [2.05, 4.69) is 48.6 Å². The van der Waals surface area contributed by atoms with Crippen molar-refractivity contribution in [3.05, 3.63) is 53.8 Å². The quantitative estimate of drug-likeness (QED) is 0.588. The fraction of sp³-hybridized carbons (Fsp3) is 0.167. The van der Waals surface area contributed by atoms with Crippen LogP contribution in [-0.4, -0.2) is 8.07 Å². The molecule has 2 aliphatic heterocycles. The van der Waals surface area contributed by atoms with E-state index in [-0.39, 0.29) is 0 Å². The van der Waals surface area contributed by atoms with Gasteiger partial charge in [0, 0.05) is 0 Å². The van der Waals surface area contributed by atoms with E-state index in [1.54, 1.807) is 10.4 Å². The van der Waals surface area contributed by atoms with E-state index in [9.17, 15) is 0 Å². The highest BCUT2D eigenvalue weighted by molar-refractivity contribution is 7.01. The predicted molar refractivity (Wildman–Crippen MR) is 58.7 cm³/mol. The molecule has 0 N–H and O–H groups in total. The third kappa shape index (κ3) is 0.852. The van der Waals surface area contributed by atoms with Crippen LogP contribution in [0, 0.1) is 0 Å². The van der Waals surface area contributed by atoms with Crippen molar-refractivity contribution in [3.8, 4) is 0 Å². The first-order valence-corrected chi connectivity index (χ1v) is 7.26. The average Bonchev–Trinajstić information content (AvgIpc) is 2.45. The van der Waals surface area contributed by atoms with E-state index in [0.717, 1.165) is 0 Å². The molecule has 1 aromatic rings. The van der Waals surface area contributed by atoms with E-state index in [0.29, 0.717) is 0 Å². The largest absolute Gasteiger partial charge is 0.124 e. The molecule has 64 valence electrons. The number of fused-ring (bicyclic) bond motifs is 1. The Bertz CT molecular complexity index is 389. The third-order valence-corrected chi connectivity index (χ3v) is 8.06. The molecule has 1 atom stereocenters. The van der Waals surface area contributed by atoms with Gasteiger partial charge in [0.1, 0.15) is 8.07 Å². The van der Waals surface area contributed by atoms with Crippen LogP contribution >= 0.6 is 0 Å². The Balaban J connectivity index is 2.09. The lowest BCUT2D eigenvalue weighted by Gasteiger charge is -2.35. The van der Waals surface area contributed by atoms with Gasteiger partial charge in [0.25, 0.3) is 0 Å². The van der Waals surface area contributed by atoms with Crippen LogP contribution in [0.2, 0.25) is 12.1 Å². The molecule has 1 heteroatoms. The Labute approximate surface area is 79.6 Å². The summed E-state index contributed by atoms with van der Waals surface area (Å²) in [6.45, 7) is 0. The van der Waals surface area contributed by atoms with Gasteiger partial charge in [0.05, 0.1) is 0 Å². The summed E-state index contributed by atoms with van der Waals surface area (Å²) in [5.74, 6) is 0. The number of allylic oxidation sites excluding steroid dienone is 4. The molecule has 13 heavy (non-hydrogen) atoms. The van der Waals surface area contributed by atoms with Gasteiger partial charge in [-0.1, -0.05) is 58.9 Å². The molecule has 1 aromatic carbocycles. The maximum atomic E-state index is 2.41. The van der Waals surface area contributed by atoms with Crippen LogP contribution in [0.3, 0.4) is 0 Å². The highest BCUT2D eigenvalue weighted by atomic mass is 28.3. The van der Waals surface area contributed by atoms with Crippen LogP contribution in [0.25, 0.3) is 0 Å². The van der Waals surface area contributed by atoms with Gasteiger partial charge >= 0.3 is 0 Å². The monoisotopic (exact) mass is 184 g/mol. The second kappa shape index (κ2) is 2.45. The maximum absolute atomic E-state index is 2.41. The molecule has 0 nitrogen and oxygen atoms in total. The van der Waals surface area contributed by atoms with E-state index in [4.69, 9.17) is 0 Å². The Morgan fingerprint density at radius 3 is 2.46 bits per heavy atom. The fourth-order valence-electron chi connectivity index (χ4n) is 2.44. The van der Waals surface area contributed by atoms with Crippen molar-refractivity contribution in [2.45, 2.75) is 12.1 Å². The van der Waals surface area contributed by atoms with Gasteiger partial charge in [-0.2, -0.15) is 0 Å². The minimum atomic E-state index is -1.14. The van der Waals surface area contributed by atoms with Gasteiger partial charge in [0.15, 0.2) is 0 Å². The summed E-state index contributed by atoms with van der Waals surface area (Å²) in [6, 6.07) is 13.8. The van der Waals surface area contributed by atoms with Crippen LogP contribution < -0.4 is 5.19 Å². The normalized spacial score (nSPS) is 29.4. The zero-order valence-electron chi connectivity index (χ0n) is 7.53. The summed E-state index contributed by atoms with van der Waals surface area (Å²) in [6.07, 6.45) is 7.10. The molecular formula is C12H12Si. The van der Waals surface area contributed by atoms with Gasteiger partial charge in [-0.15, -0.1) is 0 Å². The topological polar surface area (TPSA) is 0 Å². The molecule has 0 fully saturated rings. The molecule has 0 spiro atoms. The second-order valence-corrected chi connectivity index (χ2v) is 8.05. The Kier molecular flexibility index (Phi) is 1.38. The lowest BCUT2D eigenvalue weighted by atomic mass is 10.4. The molecular weight excluding hydrogens is 172 g/mol. The Morgan fingerprint density at radius 1 is 1.00 bits per heavy atom. The van der Waals surface area contributed by atoms with Crippen LogP contribution in [0.15, 0.2) is 53.8 Å². The molecule has 3 rings (SSSR count). The zero-order valence-corrected chi connectivity index (χ0v) is 8.53. The third-order valence-electron chi connectivity index (χ3n) is 3.31. The van der Waals surface area contributed by atoms with Gasteiger partial charge in [-0.3, -0.25) is 0 Å². The molecule has 0 saturated heterocycles. The predicted octanol–water partition coefficient (Wildman–Crippen LogP) is 2.39. The molecule has 0 saturated carbocycles. The number of rotatable bonds is 1. The van der Waals surface area contributed by atoms with Crippen molar-refractivity contribution in [2.75, 3.05) is 0 Å². The van der Waals surface area contributed by atoms with E-state index in [1.807, 2.05) is 0 Å². The van der Waals surface area contributed by atoms with Crippen LogP contribution in [0.4, 0.5) is 0 Å². The highest BCUT2D eigenvalue weighted by Crippen LogP contribution is 2.39. The smallest absolute Gasteiger partial charge is 0.0868 e. The fourth-order valence-corrected chi connectivity index (χ4v) is 6.37. The van der Waals surface area contributed by atoms with E-state index in [1.165, 1.54) is 12.1 Å². The summed E-state index contributed by atoms with van der Waals surface area (Å²) in [5, 5.41) is 3.29. The first-order chi connectivity index (χ1) is 6.42. The molecule has 2 heterocycles. The number of hydrogen-bond acceptors (Lipinski definition) is 0. The lowest BCUT2D eigenvalue weighted by molar-refractivity contribution is 1.41. The van der Waals surface area contributed by atoms with Crippen molar-refractivity contribution >= 4 is 13.3 Å². The van der Waals surface area contributed by atoms with Crippen molar-refractivity contribution < 1.29 is 0 Å². The molecule has 0 aliphatic carbocycles. The summed E-state index contributed by atoms with van der Waals surface area (Å²) >= 11 is 0. The average molecular weight is 184 g/mol. The Hall–Kier alpha value is -1.08. The zero-order chi connectivity index (χ0) is 8.73. The van der Waals surface area contributed by atoms with Crippen molar-refractivity contribution in [3.63, 3.8) is 0 Å². The minimum absolute atomic E-state index is 1.14. The van der Waals surface area contributed by atoms with Gasteiger partial charge < -0.3 is 0 Å². The van der Waals surface area contributed by atoms with Crippen molar-refractivity contribution in [1.29, 1.82) is 0 Å². The summed E-state index contributed by atoms with van der Waals surface area (Å²) in [7, 11) is -1.14. The molecule has 2 aliphatic rings. The SMILES string of the molecule is C1=CC2=CC[Si]2(c2ccccc2)C1. The van der Waals surface area contributed by atoms with Gasteiger partial charge in [-0.05, 0) is 12.1 Å². The minimum Gasteiger partial charge on any atom is -0.0868 e.